The Morgan fingerprint density at radius 2 is 1.80 bits per heavy atom. The zero-order chi connectivity index (χ0) is 28.6. The molecule has 4 aromatic heterocycles. The normalized spacial score (nSPS) is 16.3. The summed E-state index contributed by atoms with van der Waals surface area (Å²) in [5, 5.41) is 12.1. The molecule has 1 fully saturated rings. The van der Waals surface area contributed by atoms with E-state index in [1.54, 1.807) is 25.6 Å². The summed E-state index contributed by atoms with van der Waals surface area (Å²) in [7, 11) is -3.82. The van der Waals surface area contributed by atoms with Gasteiger partial charge in [-0.3, -0.25) is 0 Å². The maximum Gasteiger partial charge on any atom is 0.183 e. The van der Waals surface area contributed by atoms with E-state index in [0.29, 0.717) is 23.2 Å². The molecule has 5 rings (SSSR count). The third-order valence-corrected chi connectivity index (χ3v) is 9.17. The molecule has 40 heavy (non-hydrogen) atoms. The highest BCUT2D eigenvalue weighted by atomic mass is 32.2. The lowest BCUT2D eigenvalue weighted by Crippen LogP contribution is -2.32. The summed E-state index contributed by atoms with van der Waals surface area (Å²) in [6.45, 7) is 11.0. The maximum atomic E-state index is 14.0. The monoisotopic (exact) mass is 565 g/mol. The van der Waals surface area contributed by atoms with Crippen molar-refractivity contribution < 1.29 is 17.7 Å². The maximum absolute atomic E-state index is 14.0. The van der Waals surface area contributed by atoms with Crippen molar-refractivity contribution in [2.24, 2.45) is 5.92 Å². The Labute approximate surface area is 234 Å². The van der Waals surface area contributed by atoms with Crippen molar-refractivity contribution in [3.63, 3.8) is 0 Å². The molecular weight excluding hydrogens is 530 g/mol. The molecular formula is C28H35N7O4S. The molecule has 0 spiro atoms. The van der Waals surface area contributed by atoms with Gasteiger partial charge in [0, 0.05) is 23.7 Å². The van der Waals surface area contributed by atoms with Crippen LogP contribution in [-0.2, 0) is 20.3 Å². The summed E-state index contributed by atoms with van der Waals surface area (Å²) in [6, 6.07) is 5.44. The molecule has 0 aliphatic heterocycles. The van der Waals surface area contributed by atoms with Gasteiger partial charge < -0.3 is 13.8 Å². The van der Waals surface area contributed by atoms with Crippen LogP contribution < -0.4 is 0 Å². The van der Waals surface area contributed by atoms with Gasteiger partial charge in [0.05, 0.1) is 23.1 Å². The van der Waals surface area contributed by atoms with E-state index in [4.69, 9.17) is 9.26 Å². The molecule has 212 valence electrons. The minimum atomic E-state index is -3.82. The van der Waals surface area contributed by atoms with Gasteiger partial charge in [-0.25, -0.2) is 23.4 Å². The van der Waals surface area contributed by atoms with Crippen LogP contribution in [0, 0.1) is 26.7 Å². The SMILES string of the molecule is Cc1cnc([C@H](OC(C)C)[C@H](C)S(=O)(=O)Cc2nnc(-c3cccc(C)n3)n2[C@H](c2conc2C)C2CC2)nc1. The van der Waals surface area contributed by atoms with Crippen LogP contribution in [0.2, 0.25) is 0 Å². The first-order chi connectivity index (χ1) is 19.0. The van der Waals surface area contributed by atoms with E-state index in [1.165, 1.54) is 0 Å². The van der Waals surface area contributed by atoms with E-state index in [2.05, 4.69) is 30.3 Å². The summed E-state index contributed by atoms with van der Waals surface area (Å²) < 4.78 is 41.3. The number of nitrogens with zero attached hydrogens (tertiary/aromatic N) is 7. The average Bonchev–Trinajstić information content (AvgIpc) is 3.54. The largest absolute Gasteiger partial charge is 0.366 e. The molecule has 4 heterocycles. The van der Waals surface area contributed by atoms with Crippen molar-refractivity contribution in [1.29, 1.82) is 0 Å². The number of aryl methyl sites for hydroxylation is 3. The lowest BCUT2D eigenvalue weighted by molar-refractivity contribution is 0.00140. The van der Waals surface area contributed by atoms with Gasteiger partial charge in [0.15, 0.2) is 21.5 Å². The van der Waals surface area contributed by atoms with Gasteiger partial charge in [-0.15, -0.1) is 10.2 Å². The topological polar surface area (TPSA) is 139 Å². The Balaban J connectivity index is 1.58. The highest BCUT2D eigenvalue weighted by Crippen LogP contribution is 2.46. The molecule has 1 aliphatic rings. The second-order valence-corrected chi connectivity index (χ2v) is 13.2. The van der Waals surface area contributed by atoms with E-state index >= 15 is 0 Å². The highest BCUT2D eigenvalue weighted by molar-refractivity contribution is 7.91. The van der Waals surface area contributed by atoms with Gasteiger partial charge in [0.1, 0.15) is 29.6 Å². The molecule has 0 saturated heterocycles. The van der Waals surface area contributed by atoms with Crippen LogP contribution in [0.4, 0.5) is 0 Å². The fraction of sp³-hybridized carbons (Fsp3) is 0.500. The molecule has 0 bridgehead atoms. The summed E-state index contributed by atoms with van der Waals surface area (Å²) in [5.41, 5.74) is 3.96. The first-order valence-corrected chi connectivity index (χ1v) is 15.2. The average molecular weight is 566 g/mol. The lowest BCUT2D eigenvalue weighted by atomic mass is 10.0. The van der Waals surface area contributed by atoms with Crippen LogP contribution in [0.3, 0.4) is 0 Å². The van der Waals surface area contributed by atoms with Crippen molar-refractivity contribution in [3.05, 3.63) is 71.0 Å². The van der Waals surface area contributed by atoms with Crippen molar-refractivity contribution in [1.82, 2.24) is 34.9 Å². The van der Waals surface area contributed by atoms with Gasteiger partial charge in [0.25, 0.3) is 0 Å². The third kappa shape index (κ3) is 5.83. The van der Waals surface area contributed by atoms with Gasteiger partial charge in [-0.1, -0.05) is 11.2 Å². The van der Waals surface area contributed by atoms with Gasteiger partial charge in [0.2, 0.25) is 0 Å². The molecule has 11 nitrogen and oxygen atoms in total. The predicted octanol–water partition coefficient (Wildman–Crippen LogP) is 4.51. The van der Waals surface area contributed by atoms with E-state index < -0.39 is 21.2 Å². The number of ether oxygens (including phenoxy) is 1. The summed E-state index contributed by atoms with van der Waals surface area (Å²) in [6.07, 6.45) is 5.87. The first kappa shape index (κ1) is 28.0. The van der Waals surface area contributed by atoms with Crippen LogP contribution >= 0.6 is 0 Å². The molecule has 3 atom stereocenters. The lowest BCUT2D eigenvalue weighted by Gasteiger charge is -2.26. The van der Waals surface area contributed by atoms with E-state index in [9.17, 15) is 8.42 Å². The summed E-state index contributed by atoms with van der Waals surface area (Å²) in [4.78, 5) is 13.4. The molecule has 0 amide bonds. The Morgan fingerprint density at radius 3 is 2.40 bits per heavy atom. The van der Waals surface area contributed by atoms with Gasteiger partial charge in [-0.2, -0.15) is 0 Å². The minimum Gasteiger partial charge on any atom is -0.366 e. The fourth-order valence-electron chi connectivity index (χ4n) is 4.88. The zero-order valence-corrected chi connectivity index (χ0v) is 24.5. The molecule has 0 unspecified atom stereocenters. The third-order valence-electron chi connectivity index (χ3n) is 7.13. The molecule has 12 heteroatoms. The van der Waals surface area contributed by atoms with Crippen molar-refractivity contribution in [3.8, 4) is 11.5 Å². The number of rotatable bonds is 11. The Kier molecular flexibility index (Phi) is 7.83. The Hall–Kier alpha value is -3.51. The van der Waals surface area contributed by atoms with Gasteiger partial charge in [-0.05, 0) is 78.0 Å². The molecule has 0 aromatic carbocycles. The molecule has 0 N–H and O–H groups in total. The van der Waals surface area contributed by atoms with E-state index in [-0.39, 0.29) is 23.8 Å². The first-order valence-electron chi connectivity index (χ1n) is 13.5. The number of hydrogen-bond acceptors (Lipinski definition) is 10. The molecule has 0 radical (unpaired) electrons. The summed E-state index contributed by atoms with van der Waals surface area (Å²) >= 11 is 0. The summed E-state index contributed by atoms with van der Waals surface area (Å²) in [5.74, 6) is 1.10. The van der Waals surface area contributed by atoms with Crippen LogP contribution in [0.1, 0.15) is 79.9 Å². The molecule has 1 saturated carbocycles. The Morgan fingerprint density at radius 1 is 1.07 bits per heavy atom. The molecule has 4 aromatic rings. The van der Waals surface area contributed by atoms with E-state index in [1.807, 2.05) is 57.4 Å². The molecule has 1 aliphatic carbocycles. The van der Waals surface area contributed by atoms with Gasteiger partial charge >= 0.3 is 0 Å². The second-order valence-electron chi connectivity index (χ2n) is 10.8. The fourth-order valence-corrected chi connectivity index (χ4v) is 6.26. The quantitative estimate of drug-likeness (QED) is 0.255. The minimum absolute atomic E-state index is 0.231. The number of sulfone groups is 1. The van der Waals surface area contributed by atoms with Crippen LogP contribution in [-0.4, -0.2) is 54.6 Å². The predicted molar refractivity (Wildman–Crippen MR) is 148 cm³/mol. The van der Waals surface area contributed by atoms with Crippen LogP contribution in [0.15, 0.2) is 41.4 Å². The van der Waals surface area contributed by atoms with Crippen LogP contribution in [0.25, 0.3) is 11.5 Å². The Bertz CT molecular complexity index is 1580. The smallest absolute Gasteiger partial charge is 0.183 e. The van der Waals surface area contributed by atoms with Crippen molar-refractivity contribution in [2.75, 3.05) is 0 Å². The number of hydrogen-bond donors (Lipinski definition) is 0. The number of pyridine rings is 1. The zero-order valence-electron chi connectivity index (χ0n) is 23.6. The van der Waals surface area contributed by atoms with E-state index in [0.717, 1.165) is 35.4 Å². The second kappa shape index (κ2) is 11.2. The number of aromatic nitrogens is 7. The standard InChI is InChI=1S/C28H35N7O4S/c1-16(2)39-26(27-29-12-17(3)13-30-27)20(6)40(36,37)15-24-32-33-28(23-9-7-8-18(4)31-23)35(24)25(21-10-11-21)22-14-38-34-19(22)5/h7-9,12-14,16,20-21,25-26H,10-11,15H2,1-6H3/t20-,25-,26+/m0/s1. The van der Waals surface area contributed by atoms with Crippen molar-refractivity contribution in [2.45, 2.75) is 83.6 Å². The van der Waals surface area contributed by atoms with Crippen LogP contribution in [0.5, 0.6) is 0 Å². The van der Waals surface area contributed by atoms with Crippen molar-refractivity contribution >= 4 is 9.84 Å². The highest BCUT2D eigenvalue weighted by Gasteiger charge is 2.41.